The molecule has 0 atom stereocenters. The Bertz CT molecular complexity index is 1240. The fourth-order valence-corrected chi connectivity index (χ4v) is 4.31. The SMILES string of the molecule is C=C/C(=N\NC(=S)Nc1cccc(C(=O)OC)c1)c1csc(-c2ccc(C(C)(C)C)cc2)c1O. The third-order valence-electron chi connectivity index (χ3n) is 5.07. The number of hydrogen-bond donors (Lipinski definition) is 3. The first-order valence-electron chi connectivity index (χ1n) is 10.5. The van der Waals surface area contributed by atoms with Crippen LogP contribution in [-0.4, -0.2) is 29.0 Å². The Kier molecular flexibility index (Phi) is 7.86. The second-order valence-electron chi connectivity index (χ2n) is 8.49. The molecule has 0 aliphatic rings. The number of carbonyl (C=O) groups is 1. The first-order chi connectivity index (χ1) is 16.1. The van der Waals surface area contributed by atoms with Crippen LogP contribution in [0.15, 0.2) is 71.7 Å². The van der Waals surface area contributed by atoms with Gasteiger partial charge in [0.2, 0.25) is 0 Å². The summed E-state index contributed by atoms with van der Waals surface area (Å²) in [5.41, 5.74) is 6.98. The normalized spacial score (nSPS) is 11.6. The van der Waals surface area contributed by atoms with Crippen molar-refractivity contribution in [3.05, 3.63) is 83.3 Å². The smallest absolute Gasteiger partial charge is 0.337 e. The van der Waals surface area contributed by atoms with Crippen molar-refractivity contribution < 1.29 is 14.6 Å². The Labute approximate surface area is 209 Å². The molecular weight excluding hydrogens is 466 g/mol. The first-order valence-corrected chi connectivity index (χ1v) is 11.8. The van der Waals surface area contributed by atoms with Crippen molar-refractivity contribution in [1.29, 1.82) is 0 Å². The summed E-state index contributed by atoms with van der Waals surface area (Å²) in [6.45, 7) is 10.3. The molecule has 3 rings (SSSR count). The molecule has 6 nitrogen and oxygen atoms in total. The summed E-state index contributed by atoms with van der Waals surface area (Å²) < 4.78 is 4.73. The van der Waals surface area contributed by atoms with Crippen LogP contribution in [0.1, 0.15) is 42.3 Å². The number of hydrogen-bond acceptors (Lipinski definition) is 6. The van der Waals surface area contributed by atoms with Crippen molar-refractivity contribution in [3.63, 3.8) is 0 Å². The number of benzene rings is 2. The monoisotopic (exact) mass is 493 g/mol. The minimum Gasteiger partial charge on any atom is -0.506 e. The number of nitrogens with zero attached hydrogens (tertiary/aromatic N) is 1. The Morgan fingerprint density at radius 2 is 1.91 bits per heavy atom. The van der Waals surface area contributed by atoms with E-state index < -0.39 is 5.97 Å². The molecule has 1 aromatic heterocycles. The largest absolute Gasteiger partial charge is 0.506 e. The Hall–Kier alpha value is -3.49. The number of esters is 1. The highest BCUT2D eigenvalue weighted by molar-refractivity contribution is 7.80. The van der Waals surface area contributed by atoms with Gasteiger partial charge in [-0.05, 0) is 53.0 Å². The average Bonchev–Trinajstić information content (AvgIpc) is 3.19. The molecule has 0 unspecified atom stereocenters. The number of carbonyl (C=O) groups excluding carboxylic acids is 1. The maximum absolute atomic E-state index is 11.7. The molecule has 0 saturated carbocycles. The number of methoxy groups -OCH3 is 1. The van der Waals surface area contributed by atoms with Gasteiger partial charge >= 0.3 is 5.97 Å². The zero-order chi connectivity index (χ0) is 24.9. The van der Waals surface area contributed by atoms with Crippen molar-refractivity contribution in [2.24, 2.45) is 5.10 Å². The van der Waals surface area contributed by atoms with Crippen molar-refractivity contribution in [3.8, 4) is 16.2 Å². The van der Waals surface area contributed by atoms with Crippen LogP contribution >= 0.6 is 23.6 Å². The van der Waals surface area contributed by atoms with E-state index in [9.17, 15) is 9.90 Å². The molecule has 0 bridgehead atoms. The van der Waals surface area contributed by atoms with Gasteiger partial charge in [-0.15, -0.1) is 11.3 Å². The Balaban J connectivity index is 1.75. The van der Waals surface area contributed by atoms with E-state index in [2.05, 4.69) is 55.3 Å². The van der Waals surface area contributed by atoms with Crippen LogP contribution in [0.5, 0.6) is 5.75 Å². The molecule has 0 fully saturated rings. The van der Waals surface area contributed by atoms with Crippen LogP contribution in [0.3, 0.4) is 0 Å². The fourth-order valence-electron chi connectivity index (χ4n) is 3.19. The highest BCUT2D eigenvalue weighted by Gasteiger charge is 2.18. The number of aromatic hydroxyl groups is 1. The van der Waals surface area contributed by atoms with Gasteiger partial charge in [0.15, 0.2) is 5.11 Å². The predicted molar refractivity (Wildman–Crippen MR) is 144 cm³/mol. The minimum absolute atomic E-state index is 0.0581. The lowest BCUT2D eigenvalue weighted by Gasteiger charge is -2.19. The molecule has 34 heavy (non-hydrogen) atoms. The summed E-state index contributed by atoms with van der Waals surface area (Å²) in [5, 5.41) is 20.2. The standard InChI is InChI=1S/C26H27N3O3S2/c1-6-21(28-29-25(33)27-19-9-7-8-17(14-19)24(31)32-5)20-15-34-23(22(20)30)16-10-12-18(13-11-16)26(2,3)4/h6-15,30H,1H2,2-5H3,(H2,27,29,33)/b28-21+. The summed E-state index contributed by atoms with van der Waals surface area (Å²) in [5.74, 6) is -0.301. The summed E-state index contributed by atoms with van der Waals surface area (Å²) in [4.78, 5) is 12.5. The molecule has 0 spiro atoms. The summed E-state index contributed by atoms with van der Waals surface area (Å²) in [6.07, 6.45) is 1.54. The quantitative estimate of drug-likeness (QED) is 0.167. The number of rotatable bonds is 6. The average molecular weight is 494 g/mol. The number of thiocarbonyl (C=S) groups is 1. The van der Waals surface area contributed by atoms with E-state index in [-0.39, 0.29) is 16.3 Å². The van der Waals surface area contributed by atoms with E-state index in [1.165, 1.54) is 24.0 Å². The van der Waals surface area contributed by atoms with Gasteiger partial charge in [0, 0.05) is 11.1 Å². The summed E-state index contributed by atoms with van der Waals surface area (Å²) >= 11 is 6.74. The third-order valence-corrected chi connectivity index (χ3v) is 6.28. The van der Waals surface area contributed by atoms with Gasteiger partial charge in [-0.25, -0.2) is 4.79 Å². The van der Waals surface area contributed by atoms with Crippen LogP contribution in [0.4, 0.5) is 5.69 Å². The lowest BCUT2D eigenvalue weighted by atomic mass is 9.86. The number of allylic oxidation sites excluding steroid dienone is 1. The van der Waals surface area contributed by atoms with Crippen LogP contribution in [0, 0.1) is 0 Å². The van der Waals surface area contributed by atoms with Crippen molar-refractivity contribution >= 4 is 46.0 Å². The van der Waals surface area contributed by atoms with Crippen molar-refractivity contribution in [1.82, 2.24) is 5.43 Å². The van der Waals surface area contributed by atoms with E-state index in [1.807, 2.05) is 17.5 Å². The molecule has 0 amide bonds. The second-order valence-corrected chi connectivity index (χ2v) is 9.78. The van der Waals surface area contributed by atoms with Gasteiger partial charge in [0.1, 0.15) is 5.75 Å². The lowest BCUT2D eigenvalue weighted by molar-refractivity contribution is 0.0601. The lowest BCUT2D eigenvalue weighted by Crippen LogP contribution is -2.25. The number of nitrogens with one attached hydrogen (secondary N) is 2. The van der Waals surface area contributed by atoms with Crippen molar-refractivity contribution in [2.75, 3.05) is 12.4 Å². The van der Waals surface area contributed by atoms with Gasteiger partial charge in [-0.3, -0.25) is 5.43 Å². The zero-order valence-electron chi connectivity index (χ0n) is 19.5. The van der Waals surface area contributed by atoms with Gasteiger partial charge in [-0.2, -0.15) is 5.10 Å². The van der Waals surface area contributed by atoms with Gasteiger partial charge in [-0.1, -0.05) is 57.7 Å². The third kappa shape index (κ3) is 5.89. The van der Waals surface area contributed by atoms with Crippen LogP contribution in [0.2, 0.25) is 0 Å². The Morgan fingerprint density at radius 1 is 1.21 bits per heavy atom. The van der Waals surface area contributed by atoms with Gasteiger partial charge in [0.25, 0.3) is 0 Å². The number of ether oxygens (including phenoxy) is 1. The molecule has 0 aliphatic carbocycles. The number of hydrazone groups is 1. The zero-order valence-corrected chi connectivity index (χ0v) is 21.1. The predicted octanol–water partition coefficient (Wildman–Crippen LogP) is 6.08. The molecule has 3 aromatic rings. The fraction of sp³-hybridized carbons (Fsp3) is 0.192. The van der Waals surface area contributed by atoms with E-state index in [4.69, 9.17) is 17.0 Å². The molecule has 176 valence electrons. The summed E-state index contributed by atoms with van der Waals surface area (Å²) in [7, 11) is 1.33. The van der Waals surface area contributed by atoms with E-state index >= 15 is 0 Å². The molecule has 0 aliphatic heterocycles. The number of thiophene rings is 1. The van der Waals surface area contributed by atoms with E-state index in [0.717, 1.165) is 10.4 Å². The van der Waals surface area contributed by atoms with Crippen molar-refractivity contribution in [2.45, 2.75) is 26.2 Å². The topological polar surface area (TPSA) is 83.0 Å². The van der Waals surface area contributed by atoms with Crippen LogP contribution in [-0.2, 0) is 10.2 Å². The number of anilines is 1. The van der Waals surface area contributed by atoms with Gasteiger partial charge < -0.3 is 15.2 Å². The van der Waals surface area contributed by atoms with Crippen LogP contribution in [0.25, 0.3) is 10.4 Å². The highest BCUT2D eigenvalue weighted by atomic mass is 32.1. The molecular formula is C26H27N3O3S2. The minimum atomic E-state index is -0.439. The molecule has 1 heterocycles. The van der Waals surface area contributed by atoms with E-state index in [1.54, 1.807) is 30.3 Å². The van der Waals surface area contributed by atoms with E-state index in [0.29, 0.717) is 22.5 Å². The molecule has 3 N–H and O–H groups in total. The Morgan fingerprint density at radius 3 is 2.53 bits per heavy atom. The first kappa shape index (κ1) is 25.1. The highest BCUT2D eigenvalue weighted by Crippen LogP contribution is 2.39. The van der Waals surface area contributed by atoms with Crippen LogP contribution < -0.4 is 10.7 Å². The van der Waals surface area contributed by atoms with Gasteiger partial charge in [0.05, 0.1) is 28.8 Å². The molecule has 8 heteroatoms. The molecule has 0 saturated heterocycles. The summed E-state index contributed by atoms with van der Waals surface area (Å²) in [6, 6.07) is 14.9. The maximum atomic E-state index is 11.7. The molecule has 0 radical (unpaired) electrons. The maximum Gasteiger partial charge on any atom is 0.337 e. The second kappa shape index (κ2) is 10.6. The molecule has 2 aromatic carbocycles.